The zero-order valence-electron chi connectivity index (χ0n) is 141. The first kappa shape index (κ1) is 38.9. The van der Waals surface area contributed by atoms with E-state index in [0.29, 0.717) is 63.5 Å². The Morgan fingerprint density at radius 2 is 0.500 bits per heavy atom. The summed E-state index contributed by atoms with van der Waals surface area (Å²) in [5, 5.41) is 12.1. The van der Waals surface area contributed by atoms with Gasteiger partial charge in [0.2, 0.25) is 60.9 Å². The summed E-state index contributed by atoms with van der Waals surface area (Å²) in [6.07, 6.45) is -16.1. The Bertz CT molecular complexity index is 8370. The molecule has 684 valence electrons. The molecule has 0 amide bonds. The summed E-state index contributed by atoms with van der Waals surface area (Å²) in [5.74, 6) is -0.949. The molecular formula is C99H135N9O18. The molecule has 9 N–H and O–H groups in total. The van der Waals surface area contributed by atoms with Crippen LogP contribution in [0, 0.1) is 0 Å². The molecule has 0 spiro atoms. The van der Waals surface area contributed by atoms with E-state index in [1.165, 1.54) is 14.0 Å². The van der Waals surface area contributed by atoms with Crippen molar-refractivity contribution in [3.63, 3.8) is 0 Å². The van der Waals surface area contributed by atoms with Crippen molar-refractivity contribution in [3.8, 4) is 103 Å². The van der Waals surface area contributed by atoms with Crippen LogP contribution < -0.4 is 133 Å². The smallest absolute Gasteiger partial charge is 0.231 e. The monoisotopic (exact) mass is 1810 g/mol. The minimum atomic E-state index is -3.16. The molecule has 0 radical (unpaired) electrons. The topological polar surface area (TPSA) is 274 Å². The van der Waals surface area contributed by atoms with Crippen LogP contribution in [0.2, 0.25) is 5.65 Å². The predicted octanol–water partition coefficient (Wildman–Crippen LogP) is 14.1. The summed E-state index contributed by atoms with van der Waals surface area (Å²) in [6.45, 7) is -25.7. The molecule has 27 nitrogen and oxygen atoms in total. The van der Waals surface area contributed by atoms with Gasteiger partial charge in [0.05, 0.1) is 24.7 Å². The van der Waals surface area contributed by atoms with Gasteiger partial charge in [0.15, 0.2) is 103 Å². The average Bonchev–Trinajstić information content (AvgIpc) is 1.67. The first-order chi connectivity index (χ1) is 89.1. The van der Waals surface area contributed by atoms with Gasteiger partial charge >= 0.3 is 0 Å². The lowest BCUT2D eigenvalue weighted by molar-refractivity contribution is 0.173. The minimum Gasteiger partial charge on any atom is -0.454 e. The molecule has 126 heavy (non-hydrogen) atoms. The molecule has 9 heterocycles. The van der Waals surface area contributed by atoms with Crippen molar-refractivity contribution in [2.45, 2.75) is 174 Å². The molecule has 9 aliphatic heterocycles. The van der Waals surface area contributed by atoms with Gasteiger partial charge in [-0.3, -0.25) is 0 Å². The van der Waals surface area contributed by atoms with Gasteiger partial charge in [-0.05, 0) is 342 Å². The third kappa shape index (κ3) is 31.0. The molecule has 0 bridgehead atoms. The molecule has 0 fully saturated rings. The summed E-state index contributed by atoms with van der Waals surface area (Å²) in [4.78, 5) is 0. The fourth-order valence-electron chi connectivity index (χ4n) is 9.82. The summed E-state index contributed by atoms with van der Waals surface area (Å²) in [7, 11) is 5.63. The van der Waals surface area contributed by atoms with Gasteiger partial charge in [-0.25, -0.2) is 0 Å². The van der Waals surface area contributed by atoms with E-state index in [0.717, 1.165) is 52.8 Å². The molecule has 0 saturated carbocycles. The lowest BCUT2D eigenvalue weighted by Crippen LogP contribution is -2.23. The number of rotatable bonds is 27. The van der Waals surface area contributed by atoms with Crippen LogP contribution in [-0.4, -0.2) is 178 Å². The highest BCUT2D eigenvalue weighted by Crippen LogP contribution is 2.40. The normalized spacial score (nSPS) is 28.6. The highest BCUT2D eigenvalue weighted by Gasteiger charge is 2.23. The van der Waals surface area contributed by atoms with E-state index >= 15 is 0 Å². The summed E-state index contributed by atoms with van der Waals surface area (Å²) >= 11 is 0. The maximum absolute atomic E-state index is 8.17. The van der Waals surface area contributed by atoms with Gasteiger partial charge in [-0.15, -0.1) is 0 Å². The second kappa shape index (κ2) is 51.0. The van der Waals surface area contributed by atoms with E-state index in [1.807, 2.05) is 28.8 Å². The van der Waals surface area contributed by atoms with Crippen LogP contribution in [0.4, 0.5) is 0 Å². The second-order valence-corrected chi connectivity index (χ2v) is 25.2. The number of benzene rings is 9. The van der Waals surface area contributed by atoms with Gasteiger partial charge in [0, 0.05) is 112 Å². The third-order valence-electron chi connectivity index (χ3n) is 16.2. The highest BCUT2D eigenvalue weighted by molar-refractivity contribution is 5.51. The predicted molar refractivity (Wildman–Crippen MR) is 493 cm³/mol. The van der Waals surface area contributed by atoms with E-state index in [-0.39, 0.29) is 91.5 Å². The summed E-state index contributed by atoms with van der Waals surface area (Å²) < 4.78 is 642. The van der Waals surface area contributed by atoms with Gasteiger partial charge in [-0.1, -0.05) is 54.5 Å². The largest absolute Gasteiger partial charge is 0.454 e. The van der Waals surface area contributed by atoms with E-state index in [4.69, 9.17) is 184 Å². The zero-order valence-corrected chi connectivity index (χ0v) is 68.7. The van der Waals surface area contributed by atoms with Crippen molar-refractivity contribution in [3.05, 3.63) is 213 Å². The molecule has 9 aliphatic rings. The van der Waals surface area contributed by atoms with Crippen molar-refractivity contribution in [1.29, 1.82) is 0 Å². The Morgan fingerprint density at radius 3 is 0.794 bits per heavy atom. The molecule has 0 saturated heterocycles. The molecule has 9 unspecified atom stereocenters. The second-order valence-electron chi connectivity index (χ2n) is 25.2. The maximum Gasteiger partial charge on any atom is 0.231 e. The van der Waals surface area contributed by atoms with Crippen molar-refractivity contribution < 1.29 is 184 Å². The van der Waals surface area contributed by atoms with Crippen LogP contribution in [0.5, 0.6) is 103 Å². The Balaban J connectivity index is 0.000000222. The van der Waals surface area contributed by atoms with Crippen LogP contribution in [0.1, 0.15) is 205 Å². The number of nitrogens with one attached hydrogen (secondary N) is 9. The Kier molecular flexibility index (Phi) is 15.7. The third-order valence-corrected chi connectivity index (χ3v) is 16.2. The van der Waals surface area contributed by atoms with Crippen LogP contribution in [0.25, 0.3) is 0 Å². The molecule has 18 rings (SSSR count). The average molecular weight is 1810 g/mol. The van der Waals surface area contributed by atoms with Crippen molar-refractivity contribution in [2.24, 2.45) is 0 Å². The van der Waals surface area contributed by atoms with Crippen molar-refractivity contribution in [1.82, 2.24) is 47.8 Å². The van der Waals surface area contributed by atoms with E-state index in [1.54, 1.807) is 50.5 Å². The molecule has 9 atom stereocenters. The number of hydrogen-bond acceptors (Lipinski definition) is 27. The Labute approximate surface area is 847 Å². The Morgan fingerprint density at radius 1 is 0.270 bits per heavy atom. The fraction of sp³-hybridized carbons (Fsp3) is 0.455. The molecule has 0 aromatic heterocycles. The number of likely N-dealkylation sites (N-methyl/N-ethyl adjacent to an activating group) is 9. The van der Waals surface area contributed by atoms with Crippen molar-refractivity contribution >= 4 is 0 Å². The van der Waals surface area contributed by atoms with Crippen molar-refractivity contribution in [2.75, 3.05) is 124 Å². The standard InChI is InChI=1S/9C11H15NO2/c9*1-8(12-2)5-9-3-4-10-11(6-9)14-7-13-10/h9*3-4,6,8,12H,5,7H2,1-2H3/i2*2D3,3D,4D,5D2,6D,7D2,8D;3D,4D,5D2,6D,7D2,8D;2*2D3,3D,4D,5D2,6D,8D;3D,4D,5D2,6D,8D;1D3,7D2;1D3,2D3;1D3/hD4. The lowest BCUT2D eigenvalue weighted by Gasteiger charge is -2.10. The van der Waals surface area contributed by atoms with E-state index in [9.17, 15) is 0 Å². The quantitative estimate of drug-likeness (QED) is 0.0231. The molecule has 27 heteroatoms. The molecule has 9 aromatic carbocycles. The lowest BCUT2D eigenvalue weighted by atomic mass is 10.1. The zero-order chi connectivity index (χ0) is 152. The SMILES string of the molecule is [2H]C([2H])([2H])C(Cc1ccc2c(c1)OCO2)NC.[2H]C([2H])([2H])NC(Cc1ccc2c(c1)OCO2)C([2H])([2H])[2H].[2H]C1([2H])Oc2ccc(CC(NC)C([2H])([2H])[2H])cc2O1.[2H]c1c([2H])c(C([2H])([2H])C([2H])(C)N([2H])C([2H])([2H])[2H])c([2H])c2c1OC([2H])([2H])O2.[2H]c1c([2H])c(C([2H])([2H])C([2H])(C)N([2H])C([2H])([2H])[2H])c([2H])c2c1OCO2.[2H]c1c([2H])c(C([2H])([2H])C([2H])(C)N([2H])C)c([2H])c2c1OC([2H])([2H])O2.[2H]c1c([2H])c(C([2H])([2H])C([2H])(C)N([2H])C)c([2H])c2c1OCO2.[2H]c1c([2H])c(C([2H])([2H])C([2H])(C)NC([2H])([2H])[2H])c([2H])c2c1OC([2H])([2H])O2.[2H]c1c([2H])c(C([2H])([2H])C([2H])(C)NC([2H])([2H])[2H])c([2H])c2c1OCO2. The van der Waals surface area contributed by atoms with Crippen LogP contribution in [-0.2, 0) is 57.5 Å². The molecular weight excluding hydrogens is 1600 g/mol. The Hall–Kier alpha value is -11.0. The van der Waals surface area contributed by atoms with Gasteiger partial charge in [-0.2, -0.15) is 0 Å². The maximum atomic E-state index is 8.17. The first-order valence-electron chi connectivity index (χ1n) is 72.7. The van der Waals surface area contributed by atoms with Gasteiger partial charge < -0.3 is 133 Å². The minimum absolute atomic E-state index is 0.0598. The number of ether oxygens (including phenoxy) is 18. The molecule has 0 aliphatic carbocycles. The number of fused-ring (bicyclic) bond motifs is 9. The molecule has 9 aromatic rings. The van der Waals surface area contributed by atoms with E-state index in [2.05, 4.69) is 16.0 Å². The van der Waals surface area contributed by atoms with Crippen LogP contribution in [0.3, 0.4) is 0 Å². The summed E-state index contributed by atoms with van der Waals surface area (Å²) in [5.41, 5.74) is -1.68. The van der Waals surface area contributed by atoms with E-state index < -0.39 is 345 Å². The van der Waals surface area contributed by atoms with Gasteiger partial charge in [0.1, 0.15) is 16.6 Å². The fourth-order valence-corrected chi connectivity index (χ4v) is 9.82. The van der Waals surface area contributed by atoms with Crippen LogP contribution in [0.15, 0.2) is 163 Å². The van der Waals surface area contributed by atoms with Crippen LogP contribution >= 0.6 is 0 Å². The summed E-state index contributed by atoms with van der Waals surface area (Å²) in [6, 6.07) is -13.2. The van der Waals surface area contributed by atoms with Gasteiger partial charge in [0.25, 0.3) is 0 Å². The highest BCUT2D eigenvalue weighted by atomic mass is 16.7. The number of hydrogen-bond donors (Lipinski definition) is 9. The first-order valence-corrected chi connectivity index (χ1v) is 36.9.